The van der Waals surface area contributed by atoms with Gasteiger partial charge in [0.05, 0.1) is 0 Å². The van der Waals surface area contributed by atoms with Crippen LogP contribution >= 0.6 is 0 Å². The lowest BCUT2D eigenvalue weighted by atomic mass is 9.99. The minimum Gasteiger partial charge on any atom is -0.372 e. The van der Waals surface area contributed by atoms with E-state index in [0.29, 0.717) is 12.5 Å². The van der Waals surface area contributed by atoms with Gasteiger partial charge in [-0.15, -0.1) is 6.58 Å². The van der Waals surface area contributed by atoms with Crippen molar-refractivity contribution in [1.29, 1.82) is 0 Å². The lowest BCUT2D eigenvalue weighted by molar-refractivity contribution is 0.438. The van der Waals surface area contributed by atoms with Crippen LogP contribution in [0, 0.1) is 5.92 Å². The van der Waals surface area contributed by atoms with Crippen LogP contribution in [0.4, 0.5) is 23.1 Å². The van der Waals surface area contributed by atoms with E-state index < -0.39 is 0 Å². The molecule has 0 unspecified atom stereocenters. The molecule has 1 saturated heterocycles. The molecular weight excluding hydrogens is 298 g/mol. The maximum Gasteiger partial charge on any atom is 0.229 e. The van der Waals surface area contributed by atoms with Gasteiger partial charge in [0.2, 0.25) is 5.95 Å². The molecule has 3 rings (SSSR count). The highest BCUT2D eigenvalue weighted by atomic mass is 15.1. The van der Waals surface area contributed by atoms with Crippen molar-refractivity contribution < 1.29 is 0 Å². The average Bonchev–Trinajstić information content (AvgIpc) is 2.62. The van der Waals surface area contributed by atoms with Crippen LogP contribution in [-0.4, -0.2) is 29.6 Å². The fourth-order valence-electron chi connectivity index (χ4n) is 2.85. The number of aromatic nitrogens is 2. The van der Waals surface area contributed by atoms with Crippen LogP contribution in [0.25, 0.3) is 0 Å². The second-order valence-corrected chi connectivity index (χ2v) is 6.28. The summed E-state index contributed by atoms with van der Waals surface area (Å²) in [6, 6.07) is 10.3. The van der Waals surface area contributed by atoms with E-state index in [0.717, 1.165) is 30.5 Å². The van der Waals surface area contributed by atoms with Crippen LogP contribution in [0.3, 0.4) is 0 Å². The van der Waals surface area contributed by atoms with Crippen LogP contribution in [0.15, 0.2) is 49.2 Å². The Kier molecular flexibility index (Phi) is 5.31. The molecule has 126 valence electrons. The zero-order chi connectivity index (χ0) is 16.8. The Bertz CT molecular complexity index is 660. The first-order chi connectivity index (χ1) is 11.7. The van der Waals surface area contributed by atoms with E-state index in [1.165, 1.54) is 18.5 Å². The van der Waals surface area contributed by atoms with Crippen LogP contribution in [-0.2, 0) is 0 Å². The molecule has 1 aromatic heterocycles. The Hall–Kier alpha value is -2.56. The topological polar surface area (TPSA) is 53.1 Å². The van der Waals surface area contributed by atoms with Gasteiger partial charge in [-0.25, -0.2) is 4.98 Å². The Labute approximate surface area is 143 Å². The van der Waals surface area contributed by atoms with E-state index in [4.69, 9.17) is 0 Å². The monoisotopic (exact) mass is 323 g/mol. The average molecular weight is 323 g/mol. The largest absolute Gasteiger partial charge is 0.372 e. The molecular formula is C19H25N5. The number of benzene rings is 1. The Balaban J connectivity index is 1.62. The molecule has 0 saturated carbocycles. The quantitative estimate of drug-likeness (QED) is 0.785. The molecule has 5 nitrogen and oxygen atoms in total. The van der Waals surface area contributed by atoms with Gasteiger partial charge in [0.15, 0.2) is 0 Å². The first kappa shape index (κ1) is 16.3. The number of hydrogen-bond acceptors (Lipinski definition) is 5. The van der Waals surface area contributed by atoms with Crippen LogP contribution in [0.2, 0.25) is 0 Å². The van der Waals surface area contributed by atoms with Gasteiger partial charge in [0, 0.05) is 37.2 Å². The van der Waals surface area contributed by atoms with E-state index in [-0.39, 0.29) is 0 Å². The zero-order valence-corrected chi connectivity index (χ0v) is 14.2. The summed E-state index contributed by atoms with van der Waals surface area (Å²) < 4.78 is 0. The Morgan fingerprint density at radius 3 is 2.67 bits per heavy atom. The lowest BCUT2D eigenvalue weighted by Gasteiger charge is -2.32. The van der Waals surface area contributed by atoms with Gasteiger partial charge in [-0.05, 0) is 49.1 Å². The van der Waals surface area contributed by atoms with Crippen LogP contribution in [0.5, 0.6) is 0 Å². The number of anilines is 4. The van der Waals surface area contributed by atoms with Crippen LogP contribution in [0.1, 0.15) is 19.8 Å². The van der Waals surface area contributed by atoms with Crippen molar-refractivity contribution in [1.82, 2.24) is 9.97 Å². The second-order valence-electron chi connectivity index (χ2n) is 6.28. The number of nitrogens with one attached hydrogen (secondary N) is 2. The highest BCUT2D eigenvalue weighted by molar-refractivity contribution is 5.60. The van der Waals surface area contributed by atoms with Crippen molar-refractivity contribution in [2.75, 3.05) is 35.2 Å². The summed E-state index contributed by atoms with van der Waals surface area (Å²) in [6.45, 7) is 9.00. The highest BCUT2D eigenvalue weighted by Crippen LogP contribution is 2.25. The molecule has 0 aliphatic carbocycles. The molecule has 2 N–H and O–H groups in total. The summed E-state index contributed by atoms with van der Waals surface area (Å²) in [5.41, 5.74) is 2.28. The van der Waals surface area contributed by atoms with Crippen molar-refractivity contribution in [2.45, 2.75) is 19.8 Å². The third-order valence-corrected chi connectivity index (χ3v) is 4.36. The van der Waals surface area contributed by atoms with Crippen molar-refractivity contribution in [3.05, 3.63) is 49.2 Å². The molecule has 0 atom stereocenters. The number of piperidine rings is 1. The SMILES string of the molecule is C=CCNc1ccnc(Nc2ccc(N3CCC(C)CC3)cc2)n1. The molecule has 1 aliphatic rings. The smallest absolute Gasteiger partial charge is 0.229 e. The summed E-state index contributed by atoms with van der Waals surface area (Å²) in [5, 5.41) is 6.41. The lowest BCUT2D eigenvalue weighted by Crippen LogP contribution is -2.32. The maximum absolute atomic E-state index is 4.43. The summed E-state index contributed by atoms with van der Waals surface area (Å²) in [6.07, 6.45) is 6.09. The predicted molar refractivity (Wildman–Crippen MR) is 101 cm³/mol. The molecule has 0 radical (unpaired) electrons. The van der Waals surface area contributed by atoms with Crippen molar-refractivity contribution >= 4 is 23.1 Å². The second kappa shape index (κ2) is 7.81. The van der Waals surface area contributed by atoms with Gasteiger partial charge in [0.25, 0.3) is 0 Å². The normalized spacial score (nSPS) is 15.1. The maximum atomic E-state index is 4.43. The number of nitrogens with zero attached hydrogens (tertiary/aromatic N) is 3. The number of hydrogen-bond donors (Lipinski definition) is 2. The molecule has 0 spiro atoms. The molecule has 0 amide bonds. The fourth-order valence-corrected chi connectivity index (χ4v) is 2.85. The van der Waals surface area contributed by atoms with Gasteiger partial charge in [-0.2, -0.15) is 4.98 Å². The van der Waals surface area contributed by atoms with Gasteiger partial charge in [-0.1, -0.05) is 13.0 Å². The van der Waals surface area contributed by atoms with Gasteiger partial charge < -0.3 is 15.5 Å². The highest BCUT2D eigenvalue weighted by Gasteiger charge is 2.15. The summed E-state index contributed by atoms with van der Waals surface area (Å²) >= 11 is 0. The molecule has 1 aliphatic heterocycles. The third kappa shape index (κ3) is 4.25. The van der Waals surface area contributed by atoms with E-state index in [1.807, 2.05) is 6.07 Å². The Morgan fingerprint density at radius 1 is 1.21 bits per heavy atom. The Morgan fingerprint density at radius 2 is 1.96 bits per heavy atom. The molecule has 1 aromatic carbocycles. The fraction of sp³-hybridized carbons (Fsp3) is 0.368. The summed E-state index contributed by atoms with van der Waals surface area (Å²) in [7, 11) is 0. The number of rotatable bonds is 6. The van der Waals surface area contributed by atoms with Gasteiger partial charge >= 0.3 is 0 Å². The van der Waals surface area contributed by atoms with E-state index in [9.17, 15) is 0 Å². The van der Waals surface area contributed by atoms with Gasteiger partial charge in [0.1, 0.15) is 5.82 Å². The summed E-state index contributed by atoms with van der Waals surface area (Å²) in [5.74, 6) is 2.22. The molecule has 2 heterocycles. The van der Waals surface area contributed by atoms with E-state index in [1.54, 1.807) is 12.3 Å². The molecule has 5 heteroatoms. The minimum atomic E-state index is 0.587. The van der Waals surface area contributed by atoms with Crippen molar-refractivity contribution in [2.24, 2.45) is 5.92 Å². The molecule has 0 bridgehead atoms. The molecule has 24 heavy (non-hydrogen) atoms. The van der Waals surface area contributed by atoms with Crippen molar-refractivity contribution in [3.63, 3.8) is 0 Å². The first-order valence-electron chi connectivity index (χ1n) is 8.54. The minimum absolute atomic E-state index is 0.587. The van der Waals surface area contributed by atoms with E-state index in [2.05, 4.69) is 63.3 Å². The van der Waals surface area contributed by atoms with E-state index >= 15 is 0 Å². The third-order valence-electron chi connectivity index (χ3n) is 4.36. The summed E-state index contributed by atoms with van der Waals surface area (Å²) in [4.78, 5) is 11.2. The molecule has 1 fully saturated rings. The zero-order valence-electron chi connectivity index (χ0n) is 14.2. The predicted octanol–water partition coefficient (Wildman–Crippen LogP) is 4.05. The standard InChI is InChI=1S/C19H25N5/c1-3-11-20-18-8-12-21-19(23-18)22-16-4-6-17(7-5-16)24-13-9-15(2)10-14-24/h3-8,12,15H,1,9-11,13-14H2,2H3,(H2,20,21,22,23). The first-order valence-corrected chi connectivity index (χ1v) is 8.54. The van der Waals surface area contributed by atoms with Crippen molar-refractivity contribution in [3.8, 4) is 0 Å². The molecule has 2 aromatic rings. The van der Waals surface area contributed by atoms with Crippen LogP contribution < -0.4 is 15.5 Å². The van der Waals surface area contributed by atoms with Gasteiger partial charge in [-0.3, -0.25) is 0 Å².